The highest BCUT2D eigenvalue weighted by molar-refractivity contribution is 7.09. The topological polar surface area (TPSA) is 31.9 Å². The second-order valence-corrected chi connectivity index (χ2v) is 7.37. The quantitative estimate of drug-likeness (QED) is 0.748. The number of thiophene rings is 1. The fourth-order valence-corrected chi connectivity index (χ4v) is 4.24. The zero-order chi connectivity index (χ0) is 16.4. The first-order valence-corrected chi connectivity index (χ1v) is 9.21. The molecule has 0 aliphatic carbocycles. The van der Waals surface area contributed by atoms with Crippen LogP contribution in [0.4, 0.5) is 4.39 Å². The molecule has 0 bridgehead atoms. The molecule has 0 unspecified atom stereocenters. The van der Waals surface area contributed by atoms with E-state index in [1.807, 2.05) is 23.6 Å². The van der Waals surface area contributed by atoms with Crippen molar-refractivity contribution in [2.45, 2.75) is 25.3 Å². The van der Waals surface area contributed by atoms with E-state index in [0.717, 1.165) is 49.3 Å². The van der Waals surface area contributed by atoms with E-state index < -0.39 is 0 Å². The smallest absolute Gasteiger partial charge is 0.123 e. The number of hydrogen-bond donors (Lipinski definition) is 1. The lowest BCUT2D eigenvalue weighted by molar-refractivity contribution is 0.205. The minimum absolute atomic E-state index is 0.203. The van der Waals surface area contributed by atoms with Crippen molar-refractivity contribution in [2.75, 3.05) is 13.1 Å². The van der Waals surface area contributed by atoms with Crippen molar-refractivity contribution in [3.8, 4) is 11.1 Å². The van der Waals surface area contributed by atoms with Crippen molar-refractivity contribution in [1.82, 2.24) is 15.1 Å². The van der Waals surface area contributed by atoms with Gasteiger partial charge in [0, 0.05) is 28.6 Å². The molecule has 24 heavy (non-hydrogen) atoms. The van der Waals surface area contributed by atoms with Gasteiger partial charge in [0.25, 0.3) is 0 Å². The summed E-state index contributed by atoms with van der Waals surface area (Å²) in [5.74, 6) is 0.260. The highest BCUT2D eigenvalue weighted by Gasteiger charge is 2.24. The van der Waals surface area contributed by atoms with Gasteiger partial charge in [-0.05, 0) is 55.1 Å². The van der Waals surface area contributed by atoms with Crippen molar-refractivity contribution < 1.29 is 4.39 Å². The molecule has 124 valence electrons. The minimum atomic E-state index is -0.203. The lowest BCUT2D eigenvalue weighted by Gasteiger charge is -2.31. The molecule has 1 aromatic carbocycles. The Hall–Kier alpha value is -1.98. The highest BCUT2D eigenvalue weighted by Crippen LogP contribution is 2.34. The number of nitrogens with zero attached hydrogens (tertiary/aromatic N) is 2. The summed E-state index contributed by atoms with van der Waals surface area (Å²) in [6.45, 7) is 3.22. The van der Waals surface area contributed by atoms with E-state index in [9.17, 15) is 4.39 Å². The number of rotatable bonds is 4. The van der Waals surface area contributed by atoms with Crippen LogP contribution in [0, 0.1) is 5.82 Å². The maximum absolute atomic E-state index is 13.5. The molecular weight excluding hydrogens is 321 g/mol. The van der Waals surface area contributed by atoms with Gasteiger partial charge in [0.05, 0.1) is 6.20 Å². The third-order valence-electron chi connectivity index (χ3n) is 4.76. The number of halogens is 1. The summed E-state index contributed by atoms with van der Waals surface area (Å²) in [4.78, 5) is 3.94. The van der Waals surface area contributed by atoms with Gasteiger partial charge in [-0.25, -0.2) is 4.39 Å². The Kier molecular flexibility index (Phi) is 4.45. The molecule has 4 rings (SSSR count). The van der Waals surface area contributed by atoms with Crippen LogP contribution in [0.1, 0.15) is 29.3 Å². The van der Waals surface area contributed by atoms with E-state index in [1.165, 1.54) is 10.9 Å². The average molecular weight is 341 g/mol. The summed E-state index contributed by atoms with van der Waals surface area (Å²) >= 11 is 1.82. The molecule has 0 radical (unpaired) electrons. The zero-order valence-electron chi connectivity index (χ0n) is 13.4. The Bertz CT molecular complexity index is 789. The normalized spacial score (nSPS) is 16.5. The van der Waals surface area contributed by atoms with Crippen LogP contribution in [0.15, 0.2) is 48.0 Å². The lowest BCUT2D eigenvalue weighted by Crippen LogP contribution is -2.32. The molecular formula is C19H20FN3S. The van der Waals surface area contributed by atoms with Crippen molar-refractivity contribution in [2.24, 2.45) is 0 Å². The standard InChI is InChI=1S/C19H20FN3S/c20-16-4-1-3-15(11-16)18-12-21-22-19(18)14-6-8-23(9-7-14)13-17-5-2-10-24-17/h1-5,10-12,14H,6-9,13H2,(H,21,22). The first-order valence-electron chi connectivity index (χ1n) is 8.33. The summed E-state index contributed by atoms with van der Waals surface area (Å²) in [7, 11) is 0. The molecule has 3 nitrogen and oxygen atoms in total. The fraction of sp³-hybridized carbons (Fsp3) is 0.316. The van der Waals surface area contributed by atoms with Gasteiger partial charge in [0.1, 0.15) is 5.82 Å². The molecule has 3 heterocycles. The van der Waals surface area contributed by atoms with Gasteiger partial charge >= 0.3 is 0 Å². The number of piperidine rings is 1. The van der Waals surface area contributed by atoms with Gasteiger partial charge in [0.2, 0.25) is 0 Å². The number of aromatic amines is 1. The largest absolute Gasteiger partial charge is 0.298 e. The van der Waals surface area contributed by atoms with Gasteiger partial charge in [-0.2, -0.15) is 5.10 Å². The van der Waals surface area contributed by atoms with E-state index in [4.69, 9.17) is 0 Å². The molecule has 1 fully saturated rings. The lowest BCUT2D eigenvalue weighted by atomic mass is 9.89. The highest BCUT2D eigenvalue weighted by atomic mass is 32.1. The van der Waals surface area contributed by atoms with Gasteiger partial charge in [-0.15, -0.1) is 11.3 Å². The molecule has 5 heteroatoms. The molecule has 0 saturated carbocycles. The summed E-state index contributed by atoms with van der Waals surface area (Å²) < 4.78 is 13.5. The number of nitrogens with one attached hydrogen (secondary N) is 1. The molecule has 0 spiro atoms. The zero-order valence-corrected chi connectivity index (χ0v) is 14.2. The van der Waals surface area contributed by atoms with Crippen LogP contribution in [0.5, 0.6) is 0 Å². The maximum atomic E-state index is 13.5. The predicted octanol–water partition coefficient (Wildman–Crippen LogP) is 4.66. The van der Waals surface area contributed by atoms with Crippen LogP contribution >= 0.6 is 11.3 Å². The molecule has 0 amide bonds. The summed E-state index contributed by atoms with van der Waals surface area (Å²) in [6.07, 6.45) is 4.04. The SMILES string of the molecule is Fc1cccc(-c2cn[nH]c2C2CCN(Cc3cccs3)CC2)c1. The summed E-state index contributed by atoms with van der Waals surface area (Å²) in [5.41, 5.74) is 3.09. The first kappa shape index (κ1) is 15.5. The number of aromatic nitrogens is 2. The predicted molar refractivity (Wildman–Crippen MR) is 95.6 cm³/mol. The third kappa shape index (κ3) is 3.28. The summed E-state index contributed by atoms with van der Waals surface area (Å²) in [5, 5.41) is 9.53. The Morgan fingerprint density at radius 2 is 2.08 bits per heavy atom. The molecule has 0 atom stereocenters. The van der Waals surface area contributed by atoms with Gasteiger partial charge in [-0.1, -0.05) is 18.2 Å². The third-order valence-corrected chi connectivity index (χ3v) is 5.62. The van der Waals surface area contributed by atoms with E-state index >= 15 is 0 Å². The summed E-state index contributed by atoms with van der Waals surface area (Å²) in [6, 6.07) is 11.1. The van der Waals surface area contributed by atoms with Crippen LogP contribution in [0.25, 0.3) is 11.1 Å². The fourth-order valence-electron chi connectivity index (χ4n) is 3.50. The molecule has 1 saturated heterocycles. The first-order chi connectivity index (χ1) is 11.8. The van der Waals surface area contributed by atoms with Crippen molar-refractivity contribution in [3.63, 3.8) is 0 Å². The second-order valence-electron chi connectivity index (χ2n) is 6.34. The van der Waals surface area contributed by atoms with Crippen LogP contribution in [-0.2, 0) is 6.54 Å². The molecule has 3 aromatic rings. The molecule has 1 aliphatic heterocycles. The number of hydrogen-bond acceptors (Lipinski definition) is 3. The van der Waals surface area contributed by atoms with Crippen LogP contribution in [-0.4, -0.2) is 28.2 Å². The Morgan fingerprint density at radius 1 is 1.21 bits per heavy atom. The van der Waals surface area contributed by atoms with Crippen LogP contribution in [0.3, 0.4) is 0 Å². The van der Waals surface area contributed by atoms with Crippen molar-refractivity contribution in [1.29, 1.82) is 0 Å². The van der Waals surface area contributed by atoms with Crippen molar-refractivity contribution in [3.05, 3.63) is 64.4 Å². The van der Waals surface area contributed by atoms with Crippen molar-refractivity contribution >= 4 is 11.3 Å². The maximum Gasteiger partial charge on any atom is 0.123 e. The average Bonchev–Trinajstić information content (AvgIpc) is 3.27. The van der Waals surface area contributed by atoms with E-state index in [1.54, 1.807) is 12.1 Å². The second kappa shape index (κ2) is 6.87. The molecule has 1 N–H and O–H groups in total. The van der Waals surface area contributed by atoms with Crippen LogP contribution < -0.4 is 0 Å². The minimum Gasteiger partial charge on any atom is -0.298 e. The number of likely N-dealkylation sites (tertiary alicyclic amines) is 1. The Balaban J connectivity index is 1.46. The van der Waals surface area contributed by atoms with Crippen LogP contribution in [0.2, 0.25) is 0 Å². The Morgan fingerprint density at radius 3 is 2.83 bits per heavy atom. The van der Waals surface area contributed by atoms with Gasteiger partial charge in [0.15, 0.2) is 0 Å². The number of H-pyrrole nitrogens is 1. The van der Waals surface area contributed by atoms with Gasteiger partial charge in [-0.3, -0.25) is 10.00 Å². The molecule has 1 aliphatic rings. The van der Waals surface area contributed by atoms with E-state index in [0.29, 0.717) is 5.92 Å². The monoisotopic (exact) mass is 341 g/mol. The van der Waals surface area contributed by atoms with E-state index in [-0.39, 0.29) is 5.82 Å². The molecule has 2 aromatic heterocycles. The van der Waals surface area contributed by atoms with Gasteiger partial charge < -0.3 is 0 Å². The number of benzene rings is 1. The van der Waals surface area contributed by atoms with E-state index in [2.05, 4.69) is 32.6 Å². The Labute approximate surface area is 145 Å².